The smallest absolute Gasteiger partial charge is 0.407 e. The molecule has 2 aliphatic heterocycles. The summed E-state index contributed by atoms with van der Waals surface area (Å²) in [5.74, 6) is 1.20. The maximum atomic E-state index is 11.6. The second-order valence-electron chi connectivity index (χ2n) is 11.0. The summed E-state index contributed by atoms with van der Waals surface area (Å²) in [5, 5.41) is 12.8. The SMILES string of the molecule is CC(C)(C)OC(=O)N[C@@H]1[C@@H]2CC[C@H]1NC2.CC(C)(C)OC(=O)N[C@H]1[C@H]2CC[C@@H]1NC2. The van der Waals surface area contributed by atoms with E-state index in [9.17, 15) is 9.59 Å². The molecule has 2 heterocycles. The van der Waals surface area contributed by atoms with Crippen molar-refractivity contribution in [3.63, 3.8) is 0 Å². The zero-order chi connectivity index (χ0) is 22.1. The molecule has 2 saturated carbocycles. The van der Waals surface area contributed by atoms with Gasteiger partial charge in [-0.1, -0.05) is 0 Å². The molecular weight excluding hydrogens is 384 g/mol. The highest BCUT2D eigenvalue weighted by molar-refractivity contribution is 5.68. The van der Waals surface area contributed by atoms with Gasteiger partial charge >= 0.3 is 12.2 Å². The molecule has 8 heteroatoms. The van der Waals surface area contributed by atoms with Gasteiger partial charge in [-0.15, -0.1) is 0 Å². The summed E-state index contributed by atoms with van der Waals surface area (Å²) >= 11 is 0. The molecule has 4 aliphatic rings. The molecule has 4 N–H and O–H groups in total. The lowest BCUT2D eigenvalue weighted by Crippen LogP contribution is -2.44. The molecule has 6 atom stereocenters. The molecule has 30 heavy (non-hydrogen) atoms. The number of fused-ring (bicyclic) bond motifs is 4. The van der Waals surface area contributed by atoms with Gasteiger partial charge < -0.3 is 30.7 Å². The van der Waals surface area contributed by atoms with E-state index >= 15 is 0 Å². The molecule has 8 nitrogen and oxygen atoms in total. The molecule has 2 saturated heterocycles. The average Bonchev–Trinajstić information content (AvgIpc) is 3.35. The lowest BCUT2D eigenvalue weighted by Gasteiger charge is -2.23. The van der Waals surface area contributed by atoms with Crippen LogP contribution in [0.15, 0.2) is 0 Å². The average molecular weight is 425 g/mol. The minimum Gasteiger partial charge on any atom is -0.444 e. The van der Waals surface area contributed by atoms with Crippen molar-refractivity contribution in [1.29, 1.82) is 0 Å². The van der Waals surface area contributed by atoms with Gasteiger partial charge in [0.25, 0.3) is 0 Å². The van der Waals surface area contributed by atoms with E-state index in [1.165, 1.54) is 25.7 Å². The van der Waals surface area contributed by atoms with Crippen LogP contribution in [-0.2, 0) is 9.47 Å². The van der Waals surface area contributed by atoms with Crippen molar-refractivity contribution in [2.24, 2.45) is 11.8 Å². The van der Waals surface area contributed by atoms with Gasteiger partial charge in [0.2, 0.25) is 0 Å². The Kier molecular flexibility index (Phi) is 6.87. The topological polar surface area (TPSA) is 101 Å². The Morgan fingerprint density at radius 2 is 1.07 bits per heavy atom. The van der Waals surface area contributed by atoms with Crippen LogP contribution in [0.5, 0.6) is 0 Å². The number of rotatable bonds is 2. The molecule has 4 rings (SSSR count). The first-order chi connectivity index (χ1) is 13.9. The van der Waals surface area contributed by atoms with E-state index in [1.54, 1.807) is 0 Å². The van der Waals surface area contributed by atoms with Gasteiger partial charge in [0, 0.05) is 25.2 Å². The Labute approximate surface area is 180 Å². The van der Waals surface area contributed by atoms with Crippen LogP contribution in [0.4, 0.5) is 9.59 Å². The largest absolute Gasteiger partial charge is 0.444 e. The summed E-state index contributed by atoms with van der Waals surface area (Å²) in [4.78, 5) is 23.1. The van der Waals surface area contributed by atoms with E-state index in [-0.39, 0.29) is 24.3 Å². The summed E-state index contributed by atoms with van der Waals surface area (Å²) in [5.41, 5.74) is -0.815. The highest BCUT2D eigenvalue weighted by Crippen LogP contribution is 2.32. The van der Waals surface area contributed by atoms with Crippen LogP contribution in [0.2, 0.25) is 0 Å². The zero-order valence-electron chi connectivity index (χ0n) is 19.3. The van der Waals surface area contributed by atoms with Crippen molar-refractivity contribution >= 4 is 12.2 Å². The van der Waals surface area contributed by atoms with Crippen molar-refractivity contribution in [3.05, 3.63) is 0 Å². The lowest BCUT2D eigenvalue weighted by atomic mass is 10.1. The van der Waals surface area contributed by atoms with Crippen LogP contribution in [0.1, 0.15) is 67.2 Å². The van der Waals surface area contributed by atoms with E-state index in [0.717, 1.165) is 13.1 Å². The number of alkyl carbamates (subject to hydrolysis) is 2. The van der Waals surface area contributed by atoms with E-state index in [2.05, 4.69) is 21.3 Å². The molecule has 0 aromatic heterocycles. The van der Waals surface area contributed by atoms with E-state index in [4.69, 9.17) is 9.47 Å². The molecule has 0 aromatic carbocycles. The Bertz CT molecular complexity index is 534. The summed E-state index contributed by atoms with van der Waals surface area (Å²) < 4.78 is 10.5. The number of nitrogens with one attached hydrogen (secondary N) is 4. The van der Waals surface area contributed by atoms with Crippen molar-refractivity contribution in [2.75, 3.05) is 13.1 Å². The molecule has 0 unspecified atom stereocenters. The van der Waals surface area contributed by atoms with Gasteiger partial charge in [0.15, 0.2) is 0 Å². The fraction of sp³-hybridized carbons (Fsp3) is 0.909. The maximum absolute atomic E-state index is 11.6. The Hall–Kier alpha value is -1.54. The monoisotopic (exact) mass is 424 g/mol. The molecule has 0 spiro atoms. The normalized spacial score (nSPS) is 34.2. The van der Waals surface area contributed by atoms with Gasteiger partial charge in [0.05, 0.1) is 12.1 Å². The minimum absolute atomic E-state index is 0.278. The first kappa shape index (κ1) is 23.1. The Balaban J connectivity index is 0.000000171. The Morgan fingerprint density at radius 3 is 1.27 bits per heavy atom. The third-order valence-corrected chi connectivity index (χ3v) is 6.23. The predicted molar refractivity (Wildman–Crippen MR) is 115 cm³/mol. The third-order valence-electron chi connectivity index (χ3n) is 6.23. The van der Waals surface area contributed by atoms with Crippen LogP contribution in [0, 0.1) is 11.8 Å². The molecule has 172 valence electrons. The number of carbonyl (C=O) groups is 2. The van der Waals surface area contributed by atoms with E-state index in [1.807, 2.05) is 41.5 Å². The highest BCUT2D eigenvalue weighted by Gasteiger charge is 2.43. The van der Waals surface area contributed by atoms with E-state index in [0.29, 0.717) is 23.9 Å². The Morgan fingerprint density at radius 1 is 0.700 bits per heavy atom. The van der Waals surface area contributed by atoms with Gasteiger partial charge in [-0.3, -0.25) is 0 Å². The fourth-order valence-electron chi connectivity index (χ4n) is 5.01. The van der Waals surface area contributed by atoms with Crippen LogP contribution in [0.3, 0.4) is 0 Å². The zero-order valence-corrected chi connectivity index (χ0v) is 19.3. The fourth-order valence-corrected chi connectivity index (χ4v) is 5.01. The molecule has 4 bridgehead atoms. The van der Waals surface area contributed by atoms with Gasteiger partial charge in [0.1, 0.15) is 11.2 Å². The summed E-state index contributed by atoms with van der Waals surface area (Å²) in [7, 11) is 0. The van der Waals surface area contributed by atoms with Crippen LogP contribution >= 0.6 is 0 Å². The van der Waals surface area contributed by atoms with Crippen LogP contribution in [0.25, 0.3) is 0 Å². The second kappa shape index (κ2) is 8.91. The van der Waals surface area contributed by atoms with Gasteiger partial charge in [-0.25, -0.2) is 9.59 Å². The summed E-state index contributed by atoms with van der Waals surface area (Å²) in [6.07, 6.45) is 4.22. The van der Waals surface area contributed by atoms with Crippen molar-refractivity contribution in [1.82, 2.24) is 21.3 Å². The van der Waals surface area contributed by atoms with Crippen molar-refractivity contribution in [2.45, 2.75) is 103 Å². The number of ether oxygens (including phenoxy) is 2. The third kappa shape index (κ3) is 6.23. The molecule has 2 aliphatic carbocycles. The molecule has 2 amide bonds. The molecule has 0 aromatic rings. The standard InChI is InChI=1S/2C11H20N2O2/c2*1-11(2,3)15-10(14)13-9-7-4-5-8(9)12-6-7/h2*7-9,12H,4-6H2,1-3H3,(H,13,14)/t2*7-,8-,9-/m10/s1. The van der Waals surface area contributed by atoms with Gasteiger partial charge in [-0.05, 0) is 79.1 Å². The molecule has 4 fully saturated rings. The van der Waals surface area contributed by atoms with Crippen molar-refractivity contribution in [3.8, 4) is 0 Å². The maximum Gasteiger partial charge on any atom is 0.407 e. The van der Waals surface area contributed by atoms with Gasteiger partial charge in [-0.2, -0.15) is 0 Å². The quantitative estimate of drug-likeness (QED) is 0.544. The summed E-state index contributed by atoms with van der Waals surface area (Å²) in [6.45, 7) is 13.4. The van der Waals surface area contributed by atoms with E-state index < -0.39 is 11.2 Å². The van der Waals surface area contributed by atoms with Crippen molar-refractivity contribution < 1.29 is 19.1 Å². The number of piperidine rings is 2. The first-order valence-electron chi connectivity index (χ1n) is 11.4. The number of carbonyl (C=O) groups excluding carboxylic acids is 2. The number of hydrogen-bond acceptors (Lipinski definition) is 6. The number of amides is 2. The molecular formula is C22H40N4O4. The second-order valence-corrected chi connectivity index (χ2v) is 11.0. The predicted octanol–water partition coefficient (Wildman–Crippen LogP) is 2.52. The lowest BCUT2D eigenvalue weighted by molar-refractivity contribution is 0.0485. The number of hydrogen-bond donors (Lipinski definition) is 4. The summed E-state index contributed by atoms with van der Waals surface area (Å²) in [6, 6.07) is 1.48. The highest BCUT2D eigenvalue weighted by atomic mass is 16.6. The van der Waals surface area contributed by atoms with Crippen LogP contribution < -0.4 is 21.3 Å². The minimum atomic E-state index is -0.408. The first-order valence-corrected chi connectivity index (χ1v) is 11.4. The van der Waals surface area contributed by atoms with Crippen LogP contribution in [-0.4, -0.2) is 60.6 Å². The molecule has 0 radical (unpaired) electrons.